The maximum Gasteiger partial charge on any atom is 0.134 e. The Labute approximate surface area is 112 Å². The lowest BCUT2D eigenvalue weighted by molar-refractivity contribution is 0.608. The molecule has 0 N–H and O–H groups in total. The summed E-state index contributed by atoms with van der Waals surface area (Å²) in [7, 11) is 0. The minimum absolute atomic E-state index is 0.318. The maximum atomic E-state index is 6.11. The summed E-state index contributed by atoms with van der Waals surface area (Å²) in [4.78, 5) is 9.04. The van der Waals surface area contributed by atoms with Crippen LogP contribution in [0.1, 0.15) is 32.0 Å². The first-order valence-corrected chi connectivity index (χ1v) is 6.54. The SMILES string of the molecule is CC1(C)CC1c1nc(Cl)cc(-c2ccccc2)n1. The van der Waals surface area contributed by atoms with Gasteiger partial charge in [-0.25, -0.2) is 9.97 Å². The van der Waals surface area contributed by atoms with Crippen LogP contribution in [0.4, 0.5) is 0 Å². The fourth-order valence-corrected chi connectivity index (χ4v) is 2.45. The van der Waals surface area contributed by atoms with Crippen molar-refractivity contribution in [2.75, 3.05) is 0 Å². The van der Waals surface area contributed by atoms with Crippen molar-refractivity contribution in [3.05, 3.63) is 47.4 Å². The Balaban J connectivity index is 2.02. The van der Waals surface area contributed by atoms with E-state index in [-0.39, 0.29) is 0 Å². The summed E-state index contributed by atoms with van der Waals surface area (Å²) >= 11 is 6.11. The molecule has 1 aliphatic carbocycles. The predicted molar refractivity (Wildman–Crippen MR) is 73.6 cm³/mol. The number of nitrogens with zero attached hydrogens (tertiary/aromatic N) is 2. The van der Waals surface area contributed by atoms with Gasteiger partial charge in [0.25, 0.3) is 0 Å². The van der Waals surface area contributed by atoms with Crippen LogP contribution in [0.2, 0.25) is 5.15 Å². The second-order valence-corrected chi connectivity index (χ2v) is 5.93. The number of hydrogen-bond donors (Lipinski definition) is 0. The summed E-state index contributed by atoms with van der Waals surface area (Å²) in [5.41, 5.74) is 2.31. The molecule has 0 bridgehead atoms. The molecular formula is C15H15ClN2. The zero-order valence-electron chi connectivity index (χ0n) is 10.5. The lowest BCUT2D eigenvalue weighted by atomic mass is 10.1. The van der Waals surface area contributed by atoms with Crippen LogP contribution in [0.15, 0.2) is 36.4 Å². The summed E-state index contributed by atoms with van der Waals surface area (Å²) in [6, 6.07) is 11.9. The van der Waals surface area contributed by atoms with Gasteiger partial charge in [-0.3, -0.25) is 0 Å². The molecule has 1 saturated carbocycles. The van der Waals surface area contributed by atoms with Crippen LogP contribution in [-0.4, -0.2) is 9.97 Å². The van der Waals surface area contributed by atoms with Crippen molar-refractivity contribution < 1.29 is 0 Å². The molecule has 0 spiro atoms. The standard InChI is InChI=1S/C15H15ClN2/c1-15(2)9-11(15)14-17-12(8-13(16)18-14)10-6-4-3-5-7-10/h3-8,11H,9H2,1-2H3. The van der Waals surface area contributed by atoms with E-state index < -0.39 is 0 Å². The summed E-state index contributed by atoms with van der Waals surface area (Å²) < 4.78 is 0. The van der Waals surface area contributed by atoms with E-state index in [4.69, 9.17) is 11.6 Å². The van der Waals surface area contributed by atoms with Crippen LogP contribution in [0.5, 0.6) is 0 Å². The molecule has 0 saturated heterocycles. The van der Waals surface area contributed by atoms with Gasteiger partial charge in [0.1, 0.15) is 11.0 Å². The molecule has 1 aromatic heterocycles. The summed E-state index contributed by atoms with van der Waals surface area (Å²) in [6.45, 7) is 4.48. The van der Waals surface area contributed by atoms with Crippen molar-refractivity contribution in [1.29, 1.82) is 0 Å². The summed E-state index contributed by atoms with van der Waals surface area (Å²) in [6.07, 6.45) is 1.14. The van der Waals surface area contributed by atoms with E-state index in [2.05, 4.69) is 23.8 Å². The average molecular weight is 259 g/mol. The maximum absolute atomic E-state index is 6.11. The lowest BCUT2D eigenvalue weighted by Gasteiger charge is -2.06. The van der Waals surface area contributed by atoms with Gasteiger partial charge in [0.2, 0.25) is 0 Å². The molecule has 2 nitrogen and oxygen atoms in total. The quantitative estimate of drug-likeness (QED) is 0.750. The third-order valence-electron chi connectivity index (χ3n) is 3.61. The van der Waals surface area contributed by atoms with Gasteiger partial charge in [0.05, 0.1) is 5.69 Å². The van der Waals surface area contributed by atoms with Gasteiger partial charge >= 0.3 is 0 Å². The second-order valence-electron chi connectivity index (χ2n) is 5.55. The number of rotatable bonds is 2. The Morgan fingerprint density at radius 1 is 1.17 bits per heavy atom. The Kier molecular flexibility index (Phi) is 2.63. The molecule has 1 unspecified atom stereocenters. The number of aromatic nitrogens is 2. The Morgan fingerprint density at radius 3 is 2.44 bits per heavy atom. The first kappa shape index (κ1) is 11.7. The Bertz CT molecular complexity index is 578. The third-order valence-corrected chi connectivity index (χ3v) is 3.80. The Hall–Kier alpha value is -1.41. The van der Waals surface area contributed by atoms with Crippen LogP contribution in [-0.2, 0) is 0 Å². The van der Waals surface area contributed by atoms with Crippen molar-refractivity contribution >= 4 is 11.6 Å². The predicted octanol–water partition coefficient (Wildman–Crippen LogP) is 4.31. The highest BCUT2D eigenvalue weighted by Crippen LogP contribution is 2.57. The van der Waals surface area contributed by atoms with Gasteiger partial charge in [-0.2, -0.15) is 0 Å². The zero-order chi connectivity index (χ0) is 12.8. The molecule has 3 rings (SSSR count). The molecule has 3 heteroatoms. The normalized spacial score (nSPS) is 20.7. The molecule has 1 aromatic carbocycles. The van der Waals surface area contributed by atoms with Crippen LogP contribution >= 0.6 is 11.6 Å². The van der Waals surface area contributed by atoms with Gasteiger partial charge in [0, 0.05) is 17.5 Å². The van der Waals surface area contributed by atoms with E-state index >= 15 is 0 Å². The highest BCUT2D eigenvalue weighted by Gasteiger charge is 2.48. The van der Waals surface area contributed by atoms with Crippen LogP contribution < -0.4 is 0 Å². The fraction of sp³-hybridized carbons (Fsp3) is 0.333. The largest absolute Gasteiger partial charge is 0.232 e. The van der Waals surface area contributed by atoms with Gasteiger partial charge in [-0.05, 0) is 11.8 Å². The third kappa shape index (κ3) is 2.13. The molecule has 1 atom stereocenters. The second kappa shape index (κ2) is 4.06. The molecule has 1 fully saturated rings. The van der Waals surface area contributed by atoms with Gasteiger partial charge in [-0.15, -0.1) is 0 Å². The first-order chi connectivity index (χ1) is 8.56. The van der Waals surface area contributed by atoms with Crippen molar-refractivity contribution in [3.63, 3.8) is 0 Å². The van der Waals surface area contributed by atoms with Gasteiger partial charge < -0.3 is 0 Å². The molecule has 0 aliphatic heterocycles. The average Bonchev–Trinajstić information content (AvgIpc) is 2.99. The van der Waals surface area contributed by atoms with Gasteiger partial charge in [-0.1, -0.05) is 55.8 Å². The molecule has 0 amide bonds. The molecule has 2 aromatic rings. The molecule has 1 aliphatic rings. The summed E-state index contributed by atoms with van der Waals surface area (Å²) in [5, 5.41) is 0.529. The van der Waals surface area contributed by atoms with Crippen molar-refractivity contribution in [2.45, 2.75) is 26.2 Å². The van der Waals surface area contributed by atoms with E-state index in [0.29, 0.717) is 16.5 Å². The van der Waals surface area contributed by atoms with E-state index in [9.17, 15) is 0 Å². The number of halogens is 1. The highest BCUT2D eigenvalue weighted by atomic mass is 35.5. The highest BCUT2D eigenvalue weighted by molar-refractivity contribution is 6.29. The minimum atomic E-state index is 0.318. The lowest BCUT2D eigenvalue weighted by Crippen LogP contribution is -1.99. The van der Waals surface area contributed by atoms with E-state index in [1.54, 1.807) is 0 Å². The van der Waals surface area contributed by atoms with Crippen molar-refractivity contribution in [3.8, 4) is 11.3 Å². The molecular weight excluding hydrogens is 244 g/mol. The van der Waals surface area contributed by atoms with Crippen molar-refractivity contribution in [1.82, 2.24) is 9.97 Å². The van der Waals surface area contributed by atoms with Crippen LogP contribution in [0.3, 0.4) is 0 Å². The van der Waals surface area contributed by atoms with E-state index in [1.807, 2.05) is 36.4 Å². The fourth-order valence-electron chi connectivity index (χ4n) is 2.26. The molecule has 1 heterocycles. The first-order valence-electron chi connectivity index (χ1n) is 6.16. The number of benzene rings is 1. The Morgan fingerprint density at radius 2 is 1.83 bits per heavy atom. The van der Waals surface area contributed by atoms with E-state index in [0.717, 1.165) is 23.5 Å². The van der Waals surface area contributed by atoms with Crippen molar-refractivity contribution in [2.24, 2.45) is 5.41 Å². The van der Waals surface area contributed by atoms with Crippen LogP contribution in [0.25, 0.3) is 11.3 Å². The minimum Gasteiger partial charge on any atom is -0.232 e. The molecule has 92 valence electrons. The summed E-state index contributed by atoms with van der Waals surface area (Å²) in [5.74, 6) is 1.32. The van der Waals surface area contributed by atoms with Gasteiger partial charge in [0.15, 0.2) is 0 Å². The smallest absolute Gasteiger partial charge is 0.134 e. The van der Waals surface area contributed by atoms with E-state index in [1.165, 1.54) is 0 Å². The monoisotopic (exact) mass is 258 g/mol. The molecule has 0 radical (unpaired) electrons. The zero-order valence-corrected chi connectivity index (χ0v) is 11.3. The molecule has 18 heavy (non-hydrogen) atoms. The topological polar surface area (TPSA) is 25.8 Å². The number of hydrogen-bond acceptors (Lipinski definition) is 2. The van der Waals surface area contributed by atoms with Crippen LogP contribution in [0, 0.1) is 5.41 Å².